The number of methoxy groups -OCH3 is 1. The summed E-state index contributed by atoms with van der Waals surface area (Å²) in [5, 5.41) is 8.24. The van der Waals surface area contributed by atoms with Crippen LogP contribution in [0.4, 0.5) is 4.39 Å². The van der Waals surface area contributed by atoms with Crippen molar-refractivity contribution in [3.63, 3.8) is 0 Å². The maximum atomic E-state index is 13.4. The molecule has 0 N–H and O–H groups in total. The minimum Gasteiger partial charge on any atom is -0.496 e. The Morgan fingerprint density at radius 3 is 2.56 bits per heavy atom. The van der Waals surface area contributed by atoms with Crippen LogP contribution in [0.2, 0.25) is 5.15 Å². The summed E-state index contributed by atoms with van der Waals surface area (Å²) in [5.41, 5.74) is 2.84. The van der Waals surface area contributed by atoms with E-state index in [0.29, 0.717) is 22.2 Å². The summed E-state index contributed by atoms with van der Waals surface area (Å²) in [6, 6.07) is 4.28. The minimum atomic E-state index is -0.348. The molecule has 1 aromatic heterocycles. The van der Waals surface area contributed by atoms with E-state index in [1.807, 2.05) is 13.8 Å². The summed E-state index contributed by atoms with van der Waals surface area (Å²) >= 11 is 5.90. The van der Waals surface area contributed by atoms with Crippen LogP contribution in [0.3, 0.4) is 0 Å². The molecule has 0 amide bonds. The molecule has 0 fully saturated rings. The largest absolute Gasteiger partial charge is 0.496 e. The maximum Gasteiger partial charge on any atom is 0.154 e. The highest BCUT2D eigenvalue weighted by molar-refractivity contribution is 6.30. The molecule has 0 atom stereocenters. The van der Waals surface area contributed by atoms with E-state index in [-0.39, 0.29) is 5.82 Å². The fourth-order valence-corrected chi connectivity index (χ4v) is 1.88. The van der Waals surface area contributed by atoms with Gasteiger partial charge in [-0.05, 0) is 43.2 Å². The van der Waals surface area contributed by atoms with Gasteiger partial charge >= 0.3 is 0 Å². The quantitative estimate of drug-likeness (QED) is 0.834. The second-order valence-electron chi connectivity index (χ2n) is 3.93. The first-order valence-electron chi connectivity index (χ1n) is 5.38. The van der Waals surface area contributed by atoms with Gasteiger partial charge in [-0.2, -0.15) is 0 Å². The standard InChI is InChI=1S/C13H12ClFN2O/c1-7-8(2)13(14)17-16-12(7)10-6-9(15)4-5-11(10)18-3/h4-6H,1-3H3. The Labute approximate surface area is 110 Å². The topological polar surface area (TPSA) is 35.0 Å². The molecule has 0 saturated heterocycles. The van der Waals surface area contributed by atoms with Crippen LogP contribution in [-0.2, 0) is 0 Å². The lowest BCUT2D eigenvalue weighted by Gasteiger charge is -2.11. The van der Waals surface area contributed by atoms with Gasteiger partial charge in [0.25, 0.3) is 0 Å². The molecule has 0 spiro atoms. The molecule has 18 heavy (non-hydrogen) atoms. The van der Waals surface area contributed by atoms with Crippen molar-refractivity contribution in [1.82, 2.24) is 10.2 Å². The third-order valence-corrected chi connectivity index (χ3v) is 3.24. The van der Waals surface area contributed by atoms with Crippen LogP contribution in [0, 0.1) is 19.7 Å². The molecule has 1 heterocycles. The summed E-state index contributed by atoms with van der Waals surface area (Å²) in [6.45, 7) is 3.72. The van der Waals surface area contributed by atoms with Gasteiger partial charge in [0.05, 0.1) is 7.11 Å². The van der Waals surface area contributed by atoms with E-state index in [9.17, 15) is 4.39 Å². The molecular formula is C13H12ClFN2O. The van der Waals surface area contributed by atoms with Gasteiger partial charge in [0.1, 0.15) is 17.3 Å². The Balaban J connectivity index is 2.69. The van der Waals surface area contributed by atoms with Crippen molar-refractivity contribution < 1.29 is 9.13 Å². The van der Waals surface area contributed by atoms with Crippen LogP contribution < -0.4 is 4.74 Å². The third kappa shape index (κ3) is 2.16. The number of aromatic nitrogens is 2. The van der Waals surface area contributed by atoms with Crippen molar-refractivity contribution in [3.8, 4) is 17.0 Å². The van der Waals surface area contributed by atoms with Crippen molar-refractivity contribution in [1.29, 1.82) is 0 Å². The first kappa shape index (κ1) is 12.8. The van der Waals surface area contributed by atoms with E-state index >= 15 is 0 Å². The number of rotatable bonds is 2. The lowest BCUT2D eigenvalue weighted by molar-refractivity contribution is 0.415. The first-order chi connectivity index (χ1) is 8.54. The summed E-state index contributed by atoms with van der Waals surface area (Å²) in [7, 11) is 1.53. The number of benzene rings is 1. The molecule has 0 aliphatic carbocycles. The molecule has 3 nitrogen and oxygen atoms in total. The lowest BCUT2D eigenvalue weighted by Crippen LogP contribution is -1.99. The van der Waals surface area contributed by atoms with Crippen molar-refractivity contribution in [3.05, 3.63) is 40.3 Å². The summed E-state index contributed by atoms with van der Waals surface area (Å²) in [6.07, 6.45) is 0. The van der Waals surface area contributed by atoms with Gasteiger partial charge in [-0.25, -0.2) is 4.39 Å². The number of hydrogen-bond acceptors (Lipinski definition) is 3. The molecule has 0 saturated carbocycles. The molecule has 5 heteroatoms. The molecule has 0 aliphatic heterocycles. The van der Waals surface area contributed by atoms with E-state index < -0.39 is 0 Å². The Bertz CT molecular complexity index is 602. The Morgan fingerprint density at radius 2 is 1.89 bits per heavy atom. The molecule has 0 radical (unpaired) electrons. The molecule has 94 valence electrons. The molecule has 2 aromatic rings. The zero-order valence-corrected chi connectivity index (χ0v) is 11.0. The summed E-state index contributed by atoms with van der Waals surface area (Å²) in [4.78, 5) is 0. The molecule has 0 unspecified atom stereocenters. The summed E-state index contributed by atoms with van der Waals surface area (Å²) in [5.74, 6) is 0.204. The number of nitrogens with zero attached hydrogens (tertiary/aromatic N) is 2. The number of ether oxygens (including phenoxy) is 1. The van der Waals surface area contributed by atoms with E-state index in [4.69, 9.17) is 16.3 Å². The van der Waals surface area contributed by atoms with Crippen molar-refractivity contribution in [2.75, 3.05) is 7.11 Å². The third-order valence-electron chi connectivity index (χ3n) is 2.88. The van der Waals surface area contributed by atoms with Gasteiger partial charge in [0.15, 0.2) is 5.15 Å². The van der Waals surface area contributed by atoms with Gasteiger partial charge in [0.2, 0.25) is 0 Å². The Hall–Kier alpha value is -1.68. The summed E-state index contributed by atoms with van der Waals surface area (Å²) < 4.78 is 18.6. The Morgan fingerprint density at radius 1 is 1.17 bits per heavy atom. The van der Waals surface area contributed by atoms with Gasteiger partial charge in [0, 0.05) is 5.56 Å². The van der Waals surface area contributed by atoms with Crippen LogP contribution in [0.15, 0.2) is 18.2 Å². The minimum absolute atomic E-state index is 0.348. The molecule has 0 bridgehead atoms. The van der Waals surface area contributed by atoms with Gasteiger partial charge in [-0.15, -0.1) is 10.2 Å². The molecule has 0 aliphatic rings. The van der Waals surface area contributed by atoms with Crippen molar-refractivity contribution in [2.24, 2.45) is 0 Å². The van der Waals surface area contributed by atoms with Gasteiger partial charge < -0.3 is 4.74 Å². The average Bonchev–Trinajstić information content (AvgIpc) is 2.36. The van der Waals surface area contributed by atoms with Crippen LogP contribution in [-0.4, -0.2) is 17.3 Å². The number of halogens is 2. The van der Waals surface area contributed by atoms with Crippen LogP contribution in [0.1, 0.15) is 11.1 Å². The highest BCUT2D eigenvalue weighted by Crippen LogP contribution is 2.33. The molecule has 1 aromatic carbocycles. The van der Waals surface area contributed by atoms with Crippen LogP contribution >= 0.6 is 11.6 Å². The lowest BCUT2D eigenvalue weighted by atomic mass is 10.0. The first-order valence-corrected chi connectivity index (χ1v) is 5.75. The SMILES string of the molecule is COc1ccc(F)cc1-c1nnc(Cl)c(C)c1C. The number of hydrogen-bond donors (Lipinski definition) is 0. The van der Waals surface area contributed by atoms with Gasteiger partial charge in [-0.1, -0.05) is 11.6 Å². The average molecular weight is 267 g/mol. The normalized spacial score (nSPS) is 10.5. The highest BCUT2D eigenvalue weighted by Gasteiger charge is 2.14. The van der Waals surface area contributed by atoms with Crippen molar-refractivity contribution >= 4 is 11.6 Å². The van der Waals surface area contributed by atoms with Crippen molar-refractivity contribution in [2.45, 2.75) is 13.8 Å². The molecular weight excluding hydrogens is 255 g/mol. The van der Waals surface area contributed by atoms with E-state index in [1.165, 1.54) is 19.2 Å². The second kappa shape index (κ2) is 4.90. The smallest absolute Gasteiger partial charge is 0.154 e. The van der Waals surface area contributed by atoms with Gasteiger partial charge in [-0.3, -0.25) is 0 Å². The maximum absolute atomic E-state index is 13.4. The van der Waals surface area contributed by atoms with Crippen LogP contribution in [0.5, 0.6) is 5.75 Å². The zero-order chi connectivity index (χ0) is 13.3. The van der Waals surface area contributed by atoms with Crippen LogP contribution in [0.25, 0.3) is 11.3 Å². The monoisotopic (exact) mass is 266 g/mol. The van der Waals surface area contributed by atoms with E-state index in [0.717, 1.165) is 11.1 Å². The highest BCUT2D eigenvalue weighted by atomic mass is 35.5. The van der Waals surface area contributed by atoms with E-state index in [2.05, 4.69) is 10.2 Å². The fraction of sp³-hybridized carbons (Fsp3) is 0.231. The zero-order valence-electron chi connectivity index (χ0n) is 10.3. The predicted octanol–water partition coefficient (Wildman–Crippen LogP) is 3.56. The fourth-order valence-electron chi connectivity index (χ4n) is 1.70. The van der Waals surface area contributed by atoms with E-state index in [1.54, 1.807) is 6.07 Å². The predicted molar refractivity (Wildman–Crippen MR) is 68.5 cm³/mol. The molecule has 2 rings (SSSR count). The Kier molecular flexibility index (Phi) is 3.48. The second-order valence-corrected chi connectivity index (χ2v) is 4.29.